The molecule has 2 saturated heterocycles. The number of carbonyl (C=O) groups excluding carboxylic acids is 6. The van der Waals surface area contributed by atoms with Crippen molar-refractivity contribution in [2.24, 2.45) is 0 Å². The molecule has 2 fully saturated rings. The van der Waals surface area contributed by atoms with Gasteiger partial charge in [-0.2, -0.15) is 0 Å². The van der Waals surface area contributed by atoms with E-state index in [1.54, 1.807) is 30.3 Å². The van der Waals surface area contributed by atoms with Gasteiger partial charge >= 0.3 is 35.8 Å². The summed E-state index contributed by atoms with van der Waals surface area (Å²) in [5, 5.41) is 11.1. The molecular formula is C31H40O17. The quantitative estimate of drug-likeness (QED) is 0.218. The standard InChI is InChI=1S/C31H40O17/c1-15(32)39-13-22-25(43-18(4)35)27(44-19(5)36)28(30(38)46-22)48-31-29(45-20(6)37)26(41-12-21-10-8-7-9-11-21)24(42-17(3)34)23(47-31)14-40-16(2)33/h7-11,22-31,38H,12-14H2,1-6H3/t22-,23+,24+,25+,26-,27-,28-,29-,30-,31+/m0/s1. The molecule has 0 bridgehead atoms. The Morgan fingerprint density at radius 3 is 1.54 bits per heavy atom. The molecule has 0 radical (unpaired) electrons. The van der Waals surface area contributed by atoms with Crippen LogP contribution in [0.5, 0.6) is 0 Å². The van der Waals surface area contributed by atoms with Crippen LogP contribution in [0.25, 0.3) is 0 Å². The molecule has 2 heterocycles. The first-order valence-electron chi connectivity index (χ1n) is 14.9. The first kappa shape index (κ1) is 38.3. The largest absolute Gasteiger partial charge is 0.463 e. The summed E-state index contributed by atoms with van der Waals surface area (Å²) >= 11 is 0. The lowest BCUT2D eigenvalue weighted by atomic mass is 9.96. The zero-order valence-corrected chi connectivity index (χ0v) is 27.3. The molecule has 17 heteroatoms. The Morgan fingerprint density at radius 2 is 1.04 bits per heavy atom. The van der Waals surface area contributed by atoms with Crippen molar-refractivity contribution in [3.05, 3.63) is 35.9 Å². The Hall–Kier alpha value is -4.16. The molecule has 266 valence electrons. The number of rotatable bonds is 13. The minimum atomic E-state index is -1.94. The highest BCUT2D eigenvalue weighted by molar-refractivity contribution is 5.68. The predicted octanol–water partition coefficient (Wildman–Crippen LogP) is 0.252. The lowest BCUT2D eigenvalue weighted by molar-refractivity contribution is -0.365. The number of ether oxygens (including phenoxy) is 10. The van der Waals surface area contributed by atoms with Crippen molar-refractivity contribution in [1.82, 2.24) is 0 Å². The maximum absolute atomic E-state index is 12.4. The zero-order valence-electron chi connectivity index (χ0n) is 27.3. The summed E-state index contributed by atoms with van der Waals surface area (Å²) in [6, 6.07) is 8.83. The second-order valence-corrected chi connectivity index (χ2v) is 10.9. The fourth-order valence-corrected chi connectivity index (χ4v) is 5.12. The molecule has 0 aliphatic carbocycles. The van der Waals surface area contributed by atoms with Crippen molar-refractivity contribution >= 4 is 35.8 Å². The van der Waals surface area contributed by atoms with Gasteiger partial charge in [0.25, 0.3) is 0 Å². The maximum atomic E-state index is 12.4. The van der Waals surface area contributed by atoms with E-state index in [1.807, 2.05) is 0 Å². The van der Waals surface area contributed by atoms with Gasteiger partial charge in [-0.3, -0.25) is 28.8 Å². The molecule has 0 amide bonds. The number of esters is 6. The van der Waals surface area contributed by atoms with Crippen LogP contribution in [0, 0.1) is 0 Å². The summed E-state index contributed by atoms with van der Waals surface area (Å²) in [4.78, 5) is 72.3. The monoisotopic (exact) mass is 684 g/mol. The van der Waals surface area contributed by atoms with E-state index in [4.69, 9.17) is 47.4 Å². The van der Waals surface area contributed by atoms with Crippen LogP contribution in [-0.4, -0.2) is 116 Å². The van der Waals surface area contributed by atoms with E-state index in [1.165, 1.54) is 0 Å². The molecule has 3 rings (SSSR count). The van der Waals surface area contributed by atoms with E-state index in [2.05, 4.69) is 0 Å². The molecular weight excluding hydrogens is 644 g/mol. The van der Waals surface area contributed by atoms with E-state index in [-0.39, 0.29) is 6.61 Å². The summed E-state index contributed by atoms with van der Waals surface area (Å²) in [7, 11) is 0. The van der Waals surface area contributed by atoms with E-state index in [0.717, 1.165) is 41.5 Å². The van der Waals surface area contributed by atoms with Crippen molar-refractivity contribution in [2.75, 3.05) is 13.2 Å². The van der Waals surface area contributed by atoms with Crippen molar-refractivity contribution in [3.8, 4) is 0 Å². The van der Waals surface area contributed by atoms with Gasteiger partial charge in [-0.15, -0.1) is 0 Å². The predicted molar refractivity (Wildman–Crippen MR) is 155 cm³/mol. The highest BCUT2D eigenvalue weighted by Crippen LogP contribution is 2.35. The average Bonchev–Trinajstić information content (AvgIpc) is 2.98. The van der Waals surface area contributed by atoms with Crippen LogP contribution in [0.15, 0.2) is 30.3 Å². The Labute approximate surface area is 275 Å². The summed E-state index contributed by atoms with van der Waals surface area (Å²) in [5.74, 6) is -4.72. The molecule has 1 N–H and O–H groups in total. The van der Waals surface area contributed by atoms with Crippen LogP contribution >= 0.6 is 0 Å². The van der Waals surface area contributed by atoms with Crippen molar-refractivity contribution < 1.29 is 81.2 Å². The Bertz CT molecular complexity index is 1280. The third kappa shape index (κ3) is 11.2. The Balaban J connectivity index is 2.06. The summed E-state index contributed by atoms with van der Waals surface area (Å²) in [6.45, 7) is 5.54. The van der Waals surface area contributed by atoms with Crippen LogP contribution in [0.2, 0.25) is 0 Å². The normalized spacial score (nSPS) is 29.9. The van der Waals surface area contributed by atoms with Crippen LogP contribution in [0.4, 0.5) is 0 Å². The summed E-state index contributed by atoms with van der Waals surface area (Å²) in [6.07, 6.45) is -15.2. The highest BCUT2D eigenvalue weighted by atomic mass is 16.8. The lowest BCUT2D eigenvalue weighted by Gasteiger charge is -2.48. The third-order valence-electron chi connectivity index (χ3n) is 6.89. The zero-order chi connectivity index (χ0) is 35.5. The second-order valence-electron chi connectivity index (χ2n) is 10.9. The number of hydrogen-bond donors (Lipinski definition) is 1. The van der Waals surface area contributed by atoms with Crippen molar-refractivity contribution in [2.45, 2.75) is 110 Å². The number of benzene rings is 1. The minimum absolute atomic E-state index is 0.0777. The second kappa shape index (κ2) is 17.8. The fourth-order valence-electron chi connectivity index (χ4n) is 5.12. The van der Waals surface area contributed by atoms with Gasteiger partial charge in [0.15, 0.2) is 43.1 Å². The van der Waals surface area contributed by atoms with Gasteiger partial charge in [-0.05, 0) is 5.56 Å². The first-order chi connectivity index (χ1) is 22.7. The first-order valence-corrected chi connectivity index (χ1v) is 14.9. The molecule has 48 heavy (non-hydrogen) atoms. The van der Waals surface area contributed by atoms with Crippen LogP contribution < -0.4 is 0 Å². The number of hydrogen-bond acceptors (Lipinski definition) is 17. The van der Waals surface area contributed by atoms with Gasteiger partial charge in [0.05, 0.1) is 6.61 Å². The van der Waals surface area contributed by atoms with Gasteiger partial charge in [0, 0.05) is 41.5 Å². The van der Waals surface area contributed by atoms with Gasteiger partial charge in [0.2, 0.25) is 0 Å². The molecule has 0 spiro atoms. The molecule has 2 aliphatic rings. The Kier molecular flexibility index (Phi) is 14.2. The van der Waals surface area contributed by atoms with Gasteiger partial charge in [-0.25, -0.2) is 0 Å². The third-order valence-corrected chi connectivity index (χ3v) is 6.89. The van der Waals surface area contributed by atoms with Crippen LogP contribution in [-0.2, 0) is 82.7 Å². The number of carbonyl (C=O) groups is 6. The smallest absolute Gasteiger partial charge is 0.303 e. The lowest BCUT2D eigenvalue weighted by Crippen LogP contribution is -2.66. The van der Waals surface area contributed by atoms with Gasteiger partial charge in [0.1, 0.15) is 31.5 Å². The molecule has 17 nitrogen and oxygen atoms in total. The Morgan fingerprint density at radius 1 is 0.583 bits per heavy atom. The van der Waals surface area contributed by atoms with Crippen molar-refractivity contribution in [1.29, 1.82) is 0 Å². The molecule has 0 unspecified atom stereocenters. The average molecular weight is 685 g/mol. The van der Waals surface area contributed by atoms with Crippen LogP contribution in [0.3, 0.4) is 0 Å². The van der Waals surface area contributed by atoms with E-state index in [9.17, 15) is 33.9 Å². The molecule has 1 aromatic carbocycles. The number of aliphatic hydroxyl groups is 1. The summed E-state index contributed by atoms with van der Waals surface area (Å²) in [5.41, 5.74) is 0.690. The van der Waals surface area contributed by atoms with Crippen molar-refractivity contribution in [3.63, 3.8) is 0 Å². The molecule has 1 aromatic rings. The van der Waals surface area contributed by atoms with Gasteiger partial charge < -0.3 is 52.5 Å². The van der Waals surface area contributed by atoms with E-state index >= 15 is 0 Å². The van der Waals surface area contributed by atoms with E-state index < -0.39 is 110 Å². The fraction of sp³-hybridized carbons (Fsp3) is 0.613. The van der Waals surface area contributed by atoms with E-state index in [0.29, 0.717) is 5.56 Å². The molecule has 2 aliphatic heterocycles. The minimum Gasteiger partial charge on any atom is -0.463 e. The maximum Gasteiger partial charge on any atom is 0.303 e. The number of aliphatic hydroxyl groups excluding tert-OH is 1. The molecule has 0 saturated carbocycles. The van der Waals surface area contributed by atoms with Crippen LogP contribution in [0.1, 0.15) is 47.1 Å². The molecule has 0 aromatic heterocycles. The van der Waals surface area contributed by atoms with Gasteiger partial charge in [-0.1, -0.05) is 30.3 Å². The topological polar surface area (TPSA) is 215 Å². The summed E-state index contributed by atoms with van der Waals surface area (Å²) < 4.78 is 56.0. The highest BCUT2D eigenvalue weighted by Gasteiger charge is 2.56. The SMILES string of the molecule is CC(=O)OC[C@@H]1O[C@H](O)[C@@H](O[C@H]2O[C@H](COC(C)=O)[C@@H](OC(C)=O)[C@H](OCc3ccccc3)[C@@H]2OC(C)=O)[C@@H](OC(C)=O)[C@@H]1OC(C)=O. The molecule has 10 atom stereocenters.